The molecule has 0 rings (SSSR count). The lowest BCUT2D eigenvalue weighted by atomic mass is 10.1. The Hall–Kier alpha value is -0.490. The Balaban J connectivity index is 3.41. The minimum atomic E-state index is -0.202. The highest BCUT2D eigenvalue weighted by molar-refractivity contribution is 6.24. The van der Waals surface area contributed by atoms with Gasteiger partial charge in [-0.2, -0.15) is 0 Å². The normalized spacial score (nSPS) is 12.8. The molecule has 14 heavy (non-hydrogen) atoms. The molecular weight excluding hydrogens is 192 g/mol. The summed E-state index contributed by atoms with van der Waals surface area (Å²) in [5.74, 6) is 0. The third-order valence-electron chi connectivity index (χ3n) is 1.72. The Morgan fingerprint density at radius 2 is 1.50 bits per heavy atom. The van der Waals surface area contributed by atoms with E-state index in [2.05, 4.69) is 24.8 Å². The molecule has 0 radical (unpaired) electrons. The molecule has 0 amide bonds. The Morgan fingerprint density at radius 3 is 2.00 bits per heavy atom. The lowest BCUT2D eigenvalue weighted by Crippen LogP contribution is -2.03. The van der Waals surface area contributed by atoms with E-state index in [1.54, 1.807) is 0 Å². The fourth-order valence-corrected chi connectivity index (χ4v) is 1.09. The summed E-state index contributed by atoms with van der Waals surface area (Å²) in [6.07, 6.45) is 14.9. The predicted molar refractivity (Wildman–Crippen MR) is 66.9 cm³/mol. The van der Waals surface area contributed by atoms with Crippen LogP contribution in [0.25, 0.3) is 0 Å². The average molecular weight is 213 g/mol. The van der Waals surface area contributed by atoms with E-state index in [9.17, 15) is 0 Å². The van der Waals surface area contributed by atoms with Crippen molar-refractivity contribution >= 4 is 11.6 Å². The fourth-order valence-electron chi connectivity index (χ4n) is 1.01. The highest BCUT2D eigenvalue weighted by atomic mass is 35.5. The summed E-state index contributed by atoms with van der Waals surface area (Å²) in [4.78, 5) is -0.202. The first-order chi connectivity index (χ1) is 6.56. The lowest BCUT2D eigenvalue weighted by Gasteiger charge is -2.07. The van der Waals surface area contributed by atoms with Crippen molar-refractivity contribution in [3.8, 4) is 0 Å². The SMILES string of the molecule is C=CCCC=CCCC=CC(C)(C)Cl. The third-order valence-corrected chi connectivity index (χ3v) is 1.84. The first-order valence-corrected chi connectivity index (χ1v) is 5.56. The first kappa shape index (κ1) is 13.5. The van der Waals surface area contributed by atoms with E-state index < -0.39 is 0 Å². The predicted octanol–water partition coefficient (Wildman–Crippen LogP) is 4.86. The summed E-state index contributed by atoms with van der Waals surface area (Å²) in [6.45, 7) is 7.66. The number of hydrogen-bond acceptors (Lipinski definition) is 0. The molecular formula is C13H21Cl. The Bertz CT molecular complexity index is 194. The van der Waals surface area contributed by atoms with Gasteiger partial charge in [0.15, 0.2) is 0 Å². The van der Waals surface area contributed by atoms with Crippen LogP contribution >= 0.6 is 11.6 Å². The van der Waals surface area contributed by atoms with Gasteiger partial charge in [0.1, 0.15) is 0 Å². The molecule has 1 heteroatoms. The number of unbranched alkanes of at least 4 members (excludes halogenated alkanes) is 2. The molecule has 80 valence electrons. The van der Waals surface area contributed by atoms with Crippen molar-refractivity contribution < 1.29 is 0 Å². The van der Waals surface area contributed by atoms with Gasteiger partial charge in [-0.25, -0.2) is 0 Å². The molecule has 0 aliphatic heterocycles. The van der Waals surface area contributed by atoms with Crippen LogP contribution in [0.1, 0.15) is 39.5 Å². The number of rotatable bonds is 7. The van der Waals surface area contributed by atoms with Gasteiger partial charge in [0.25, 0.3) is 0 Å². The van der Waals surface area contributed by atoms with Crippen molar-refractivity contribution in [3.05, 3.63) is 37.0 Å². The molecule has 0 saturated heterocycles. The molecule has 0 aromatic rings. The van der Waals surface area contributed by atoms with E-state index in [-0.39, 0.29) is 4.87 Å². The van der Waals surface area contributed by atoms with E-state index in [1.807, 2.05) is 26.0 Å². The summed E-state index contributed by atoms with van der Waals surface area (Å²) in [5, 5.41) is 0. The molecule has 0 aromatic carbocycles. The zero-order valence-electron chi connectivity index (χ0n) is 9.30. The summed E-state index contributed by atoms with van der Waals surface area (Å²) >= 11 is 6.00. The summed E-state index contributed by atoms with van der Waals surface area (Å²) in [7, 11) is 0. The van der Waals surface area contributed by atoms with Gasteiger partial charge in [0.2, 0.25) is 0 Å². The van der Waals surface area contributed by atoms with Gasteiger partial charge < -0.3 is 0 Å². The van der Waals surface area contributed by atoms with Crippen molar-refractivity contribution in [2.45, 2.75) is 44.4 Å². The van der Waals surface area contributed by atoms with Crippen LogP contribution in [0.2, 0.25) is 0 Å². The molecule has 0 spiro atoms. The molecule has 0 nitrogen and oxygen atoms in total. The zero-order chi connectivity index (χ0) is 10.9. The molecule has 0 saturated carbocycles. The van der Waals surface area contributed by atoms with Crippen LogP contribution in [0.5, 0.6) is 0 Å². The summed E-state index contributed by atoms with van der Waals surface area (Å²) in [6, 6.07) is 0. The Morgan fingerprint density at radius 1 is 1.00 bits per heavy atom. The van der Waals surface area contributed by atoms with Crippen molar-refractivity contribution in [2.24, 2.45) is 0 Å². The van der Waals surface area contributed by atoms with Crippen LogP contribution in [-0.2, 0) is 0 Å². The molecule has 0 N–H and O–H groups in total. The van der Waals surface area contributed by atoms with Crippen molar-refractivity contribution in [3.63, 3.8) is 0 Å². The van der Waals surface area contributed by atoms with E-state index in [4.69, 9.17) is 11.6 Å². The molecule has 0 unspecified atom stereocenters. The second-order valence-electron chi connectivity index (χ2n) is 3.88. The lowest BCUT2D eigenvalue weighted by molar-refractivity contribution is 0.870. The highest BCUT2D eigenvalue weighted by Crippen LogP contribution is 2.14. The number of halogens is 1. The average Bonchev–Trinajstić information content (AvgIpc) is 2.08. The van der Waals surface area contributed by atoms with Crippen molar-refractivity contribution in [1.82, 2.24) is 0 Å². The second kappa shape index (κ2) is 7.87. The van der Waals surface area contributed by atoms with E-state index in [0.717, 1.165) is 25.7 Å². The number of hydrogen-bond donors (Lipinski definition) is 0. The zero-order valence-corrected chi connectivity index (χ0v) is 10.1. The molecule has 0 aliphatic rings. The summed E-state index contributed by atoms with van der Waals surface area (Å²) < 4.78 is 0. The van der Waals surface area contributed by atoms with Crippen LogP contribution in [0.4, 0.5) is 0 Å². The maximum atomic E-state index is 6.00. The molecule has 0 aliphatic carbocycles. The van der Waals surface area contributed by atoms with Gasteiger partial charge in [-0.05, 0) is 39.5 Å². The van der Waals surface area contributed by atoms with Crippen molar-refractivity contribution in [1.29, 1.82) is 0 Å². The third kappa shape index (κ3) is 11.5. The molecule has 0 fully saturated rings. The van der Waals surface area contributed by atoms with Gasteiger partial charge in [-0.15, -0.1) is 18.2 Å². The van der Waals surface area contributed by atoms with Crippen molar-refractivity contribution in [2.75, 3.05) is 0 Å². The monoisotopic (exact) mass is 212 g/mol. The molecule has 0 bridgehead atoms. The maximum absolute atomic E-state index is 6.00. The van der Waals surface area contributed by atoms with Gasteiger partial charge in [0, 0.05) is 0 Å². The first-order valence-electron chi connectivity index (χ1n) is 5.19. The van der Waals surface area contributed by atoms with E-state index in [1.165, 1.54) is 0 Å². The second-order valence-corrected chi connectivity index (χ2v) is 4.86. The molecule has 0 heterocycles. The quantitative estimate of drug-likeness (QED) is 0.321. The number of allylic oxidation sites excluding steroid dienone is 5. The topological polar surface area (TPSA) is 0 Å². The van der Waals surface area contributed by atoms with E-state index >= 15 is 0 Å². The number of alkyl halides is 1. The van der Waals surface area contributed by atoms with E-state index in [0.29, 0.717) is 0 Å². The largest absolute Gasteiger partial charge is 0.115 e. The Kier molecular flexibility index (Phi) is 7.60. The van der Waals surface area contributed by atoms with Gasteiger partial charge in [-0.3, -0.25) is 0 Å². The van der Waals surface area contributed by atoms with Crippen LogP contribution in [-0.4, -0.2) is 4.87 Å². The van der Waals surface area contributed by atoms with Gasteiger partial charge >= 0.3 is 0 Å². The van der Waals surface area contributed by atoms with Crippen LogP contribution in [0, 0.1) is 0 Å². The van der Waals surface area contributed by atoms with Gasteiger partial charge in [0.05, 0.1) is 4.87 Å². The minimum absolute atomic E-state index is 0.202. The van der Waals surface area contributed by atoms with Crippen LogP contribution in [0.3, 0.4) is 0 Å². The highest BCUT2D eigenvalue weighted by Gasteiger charge is 2.05. The standard InChI is InChI=1S/C13H21Cl/c1-4-5-6-7-8-9-10-11-12-13(2,3)14/h4,7-8,11-12H,1,5-6,9-10H2,2-3H3. The van der Waals surface area contributed by atoms with Crippen LogP contribution in [0.15, 0.2) is 37.0 Å². The Labute approximate surface area is 93.4 Å². The molecule has 0 atom stereocenters. The minimum Gasteiger partial charge on any atom is -0.115 e. The maximum Gasteiger partial charge on any atom is 0.0569 e. The van der Waals surface area contributed by atoms with Crippen LogP contribution < -0.4 is 0 Å². The van der Waals surface area contributed by atoms with Gasteiger partial charge in [-0.1, -0.05) is 30.4 Å². The fraction of sp³-hybridized carbons (Fsp3) is 0.538. The molecule has 0 aromatic heterocycles. The summed E-state index contributed by atoms with van der Waals surface area (Å²) in [5.41, 5.74) is 0. The smallest absolute Gasteiger partial charge is 0.0569 e.